The smallest absolute Gasteiger partial charge is 0.0701 e. The first-order valence-electron chi connectivity index (χ1n) is 3.10. The molecule has 0 aromatic carbocycles. The molecule has 1 aliphatic rings. The van der Waals surface area contributed by atoms with Gasteiger partial charge in [0.25, 0.3) is 0 Å². The summed E-state index contributed by atoms with van der Waals surface area (Å²) < 4.78 is 4.50. The van der Waals surface area contributed by atoms with Crippen LogP contribution in [0, 0.1) is 0 Å². The lowest BCUT2D eigenvalue weighted by Gasteiger charge is -1.79. The summed E-state index contributed by atoms with van der Waals surface area (Å²) in [5, 5.41) is 8.07. The minimum absolute atomic E-state index is 0.344. The summed E-state index contributed by atoms with van der Waals surface area (Å²) in [7, 11) is 0. The van der Waals surface area contributed by atoms with Gasteiger partial charge in [0.05, 0.1) is 13.2 Å². The largest absolute Gasteiger partial charge is 0.396 e. The normalized spacial score (nSPS) is 14.2. The van der Waals surface area contributed by atoms with Crippen LogP contribution >= 0.6 is 0 Å². The van der Waals surface area contributed by atoms with Crippen LogP contribution in [-0.4, -0.2) is 24.9 Å². The van der Waals surface area contributed by atoms with Gasteiger partial charge in [-0.05, 0) is 6.42 Å². The summed E-state index contributed by atoms with van der Waals surface area (Å²) in [5.41, 5.74) is 0. The van der Waals surface area contributed by atoms with Gasteiger partial charge in [0.2, 0.25) is 0 Å². The average Bonchev–Trinajstić information content (AvgIpc) is 2.50. The van der Waals surface area contributed by atoms with E-state index in [4.69, 9.17) is 5.11 Å². The van der Waals surface area contributed by atoms with Crippen LogP contribution in [0.2, 0.25) is 0 Å². The van der Waals surface area contributed by atoms with Crippen LogP contribution in [0.5, 0.6) is 0 Å². The second-order valence-electron chi connectivity index (χ2n) is 1.69. The molecule has 0 aromatic rings. The molecule has 1 heterocycles. The first-order valence-corrected chi connectivity index (χ1v) is 3.10. The predicted octanol–water partition coefficient (Wildman–Crippen LogP) is 0.795. The highest BCUT2D eigenvalue weighted by atomic mass is 16.6. The van der Waals surface area contributed by atoms with Gasteiger partial charge in [-0.3, -0.25) is 0 Å². The first-order chi connectivity index (χ1) is 3.91. The van der Waals surface area contributed by atoms with Crippen LogP contribution in [0.25, 0.3) is 0 Å². The molecule has 0 unspecified atom stereocenters. The minimum Gasteiger partial charge on any atom is -0.396 e. The van der Waals surface area contributed by atoms with Crippen molar-refractivity contribution in [1.29, 1.82) is 0 Å². The van der Waals surface area contributed by atoms with Crippen LogP contribution in [0.4, 0.5) is 0 Å². The molecule has 0 aromatic heterocycles. The molecule has 2 heteroatoms. The van der Waals surface area contributed by atoms with E-state index in [1.165, 1.54) is 0 Å². The Morgan fingerprint density at radius 2 is 2.00 bits per heavy atom. The molecule has 0 radical (unpaired) electrons. The van der Waals surface area contributed by atoms with Crippen LogP contribution in [0.15, 0.2) is 0 Å². The van der Waals surface area contributed by atoms with Crippen LogP contribution in [-0.2, 0) is 4.74 Å². The number of epoxide rings is 1. The average molecular weight is 118 g/mol. The second-order valence-corrected chi connectivity index (χ2v) is 1.69. The maximum absolute atomic E-state index is 8.07. The molecule has 0 aliphatic carbocycles. The van der Waals surface area contributed by atoms with E-state index in [0.29, 0.717) is 6.61 Å². The fraction of sp³-hybridized carbons (Fsp3) is 1.00. The molecule has 0 bridgehead atoms. The van der Waals surface area contributed by atoms with Crippen molar-refractivity contribution < 1.29 is 9.84 Å². The number of hydrogen-bond donors (Lipinski definition) is 1. The predicted molar refractivity (Wildman–Crippen MR) is 32.8 cm³/mol. The molecule has 1 aliphatic heterocycles. The molecule has 2 nitrogen and oxygen atoms in total. The van der Waals surface area contributed by atoms with Crippen LogP contribution in [0.1, 0.15) is 19.8 Å². The summed E-state index contributed by atoms with van der Waals surface area (Å²) in [6, 6.07) is 0. The standard InChI is InChI=1S/C4H10O.C2H4O/c1-2-3-4-5;1-2-3-1/h5H,2-4H2,1H3;1-2H2. The van der Waals surface area contributed by atoms with Crippen molar-refractivity contribution in [1.82, 2.24) is 0 Å². The first kappa shape index (κ1) is 7.92. The number of hydrogen-bond acceptors (Lipinski definition) is 2. The zero-order chi connectivity index (χ0) is 6.24. The maximum Gasteiger partial charge on any atom is 0.0701 e. The van der Waals surface area contributed by atoms with E-state index in [2.05, 4.69) is 11.7 Å². The molecule has 0 atom stereocenters. The third-order valence-electron chi connectivity index (χ3n) is 0.716. The van der Waals surface area contributed by atoms with Crippen LogP contribution in [0.3, 0.4) is 0 Å². The fourth-order valence-corrected chi connectivity index (χ4v) is 0.158. The number of aliphatic hydroxyl groups is 1. The van der Waals surface area contributed by atoms with Gasteiger partial charge in [0, 0.05) is 6.61 Å². The van der Waals surface area contributed by atoms with Crippen molar-refractivity contribution in [3.05, 3.63) is 0 Å². The highest BCUT2D eigenvalue weighted by molar-refractivity contribution is 4.36. The van der Waals surface area contributed by atoms with Gasteiger partial charge in [-0.15, -0.1) is 0 Å². The monoisotopic (exact) mass is 118 g/mol. The highest BCUT2D eigenvalue weighted by Gasteiger charge is 1.94. The summed E-state index contributed by atoms with van der Waals surface area (Å²) in [6.45, 7) is 4.40. The zero-order valence-corrected chi connectivity index (χ0v) is 5.39. The summed E-state index contributed by atoms with van der Waals surface area (Å²) in [6.07, 6.45) is 2.04. The Hall–Kier alpha value is -0.0800. The van der Waals surface area contributed by atoms with Gasteiger partial charge in [-0.2, -0.15) is 0 Å². The lowest BCUT2D eigenvalue weighted by atomic mass is 10.4. The van der Waals surface area contributed by atoms with Gasteiger partial charge < -0.3 is 9.84 Å². The van der Waals surface area contributed by atoms with E-state index >= 15 is 0 Å². The molecule has 50 valence electrons. The Bertz CT molecular complexity index is 30.8. The third-order valence-corrected chi connectivity index (χ3v) is 0.716. The Morgan fingerprint density at radius 3 is 2.00 bits per heavy atom. The van der Waals surface area contributed by atoms with Gasteiger partial charge in [0.1, 0.15) is 0 Å². The van der Waals surface area contributed by atoms with Crippen molar-refractivity contribution in [2.75, 3.05) is 19.8 Å². The van der Waals surface area contributed by atoms with Crippen molar-refractivity contribution >= 4 is 0 Å². The molecular weight excluding hydrogens is 104 g/mol. The van der Waals surface area contributed by atoms with Crippen molar-refractivity contribution in [3.63, 3.8) is 0 Å². The van der Waals surface area contributed by atoms with Gasteiger partial charge in [-0.1, -0.05) is 13.3 Å². The van der Waals surface area contributed by atoms with E-state index in [1.54, 1.807) is 0 Å². The summed E-state index contributed by atoms with van der Waals surface area (Å²) in [4.78, 5) is 0. The Labute approximate surface area is 50.5 Å². The van der Waals surface area contributed by atoms with Gasteiger partial charge in [0.15, 0.2) is 0 Å². The Morgan fingerprint density at radius 1 is 1.50 bits per heavy atom. The number of unbranched alkanes of at least 4 members (excludes halogenated alkanes) is 1. The molecule has 0 saturated carbocycles. The molecule has 0 spiro atoms. The molecule has 1 fully saturated rings. The molecule has 1 N–H and O–H groups in total. The van der Waals surface area contributed by atoms with E-state index in [-0.39, 0.29) is 0 Å². The summed E-state index contributed by atoms with van der Waals surface area (Å²) in [5.74, 6) is 0. The quantitative estimate of drug-likeness (QED) is 0.544. The fourth-order valence-electron chi connectivity index (χ4n) is 0.158. The number of rotatable bonds is 2. The van der Waals surface area contributed by atoms with E-state index in [1.807, 2.05) is 0 Å². The molecule has 8 heavy (non-hydrogen) atoms. The molecular formula is C6H14O2. The van der Waals surface area contributed by atoms with Crippen molar-refractivity contribution in [3.8, 4) is 0 Å². The zero-order valence-electron chi connectivity index (χ0n) is 5.39. The molecule has 0 amide bonds. The van der Waals surface area contributed by atoms with Crippen LogP contribution < -0.4 is 0 Å². The minimum atomic E-state index is 0.344. The van der Waals surface area contributed by atoms with E-state index in [0.717, 1.165) is 26.1 Å². The SMILES string of the molecule is C1CO1.CCCCO. The third kappa shape index (κ3) is 16.8. The topological polar surface area (TPSA) is 32.8 Å². The number of aliphatic hydroxyl groups excluding tert-OH is 1. The second kappa shape index (κ2) is 6.92. The van der Waals surface area contributed by atoms with Gasteiger partial charge in [-0.25, -0.2) is 0 Å². The highest BCUT2D eigenvalue weighted by Crippen LogP contribution is 1.84. The Kier molecular flexibility index (Phi) is 6.85. The van der Waals surface area contributed by atoms with Crippen molar-refractivity contribution in [2.24, 2.45) is 0 Å². The van der Waals surface area contributed by atoms with Crippen molar-refractivity contribution in [2.45, 2.75) is 19.8 Å². The van der Waals surface area contributed by atoms with E-state index < -0.39 is 0 Å². The number of ether oxygens (including phenoxy) is 1. The maximum atomic E-state index is 8.07. The Balaban J connectivity index is 0.000000135. The lowest BCUT2D eigenvalue weighted by molar-refractivity contribution is 0.287. The van der Waals surface area contributed by atoms with E-state index in [9.17, 15) is 0 Å². The van der Waals surface area contributed by atoms with Gasteiger partial charge >= 0.3 is 0 Å². The summed E-state index contributed by atoms with van der Waals surface area (Å²) >= 11 is 0. The molecule has 1 rings (SSSR count). The lowest BCUT2D eigenvalue weighted by Crippen LogP contribution is -1.75. The molecule has 1 saturated heterocycles.